The molecule has 0 bridgehead atoms. The van der Waals surface area contributed by atoms with Crippen molar-refractivity contribution in [2.45, 2.75) is 40.4 Å². The lowest BCUT2D eigenvalue weighted by Crippen LogP contribution is -2.03. The number of alkyl halides is 2. The predicted octanol–water partition coefficient (Wildman–Crippen LogP) is 8.07. The first-order valence-corrected chi connectivity index (χ1v) is 13.0. The third-order valence-corrected chi connectivity index (χ3v) is 7.01. The van der Waals surface area contributed by atoms with Gasteiger partial charge in [0.1, 0.15) is 11.5 Å². The Morgan fingerprint density at radius 3 is 2.37 bits per heavy atom. The second-order valence-corrected chi connectivity index (χ2v) is 9.69. The van der Waals surface area contributed by atoms with E-state index >= 15 is 0 Å². The second-order valence-electron chi connectivity index (χ2n) is 9.28. The van der Waals surface area contributed by atoms with Gasteiger partial charge in [-0.2, -0.15) is 13.9 Å². The molecule has 212 valence electrons. The topological polar surface area (TPSA) is 73.3 Å². The summed E-state index contributed by atoms with van der Waals surface area (Å²) < 4.78 is 66.8. The van der Waals surface area contributed by atoms with Crippen LogP contribution < -0.4 is 4.74 Å². The molecule has 6 nitrogen and oxygen atoms in total. The van der Waals surface area contributed by atoms with Crippen molar-refractivity contribution in [3.05, 3.63) is 94.1 Å². The van der Waals surface area contributed by atoms with E-state index < -0.39 is 30.6 Å². The number of aryl methyl sites for hydroxylation is 3. The molecule has 0 aliphatic heterocycles. The number of ether oxygens (including phenoxy) is 1. The highest BCUT2D eigenvalue weighted by molar-refractivity contribution is 6.31. The van der Waals surface area contributed by atoms with Gasteiger partial charge >= 0.3 is 6.61 Å². The fourth-order valence-corrected chi connectivity index (χ4v) is 4.79. The van der Waals surface area contributed by atoms with E-state index in [2.05, 4.69) is 14.8 Å². The average Bonchev–Trinajstić information content (AvgIpc) is 3.49. The van der Waals surface area contributed by atoms with Crippen molar-refractivity contribution in [3.8, 4) is 45.1 Å². The van der Waals surface area contributed by atoms with Gasteiger partial charge in [-0.1, -0.05) is 30.7 Å². The Morgan fingerprint density at radius 1 is 1.00 bits per heavy atom. The Kier molecular flexibility index (Phi) is 7.88. The molecule has 0 aliphatic carbocycles. The quantitative estimate of drug-likeness (QED) is 0.186. The summed E-state index contributed by atoms with van der Waals surface area (Å²) in [5.41, 5.74) is 4.21. The number of rotatable bonds is 8. The van der Waals surface area contributed by atoms with Crippen LogP contribution in [0, 0.1) is 25.5 Å². The van der Waals surface area contributed by atoms with E-state index in [4.69, 9.17) is 16.0 Å². The van der Waals surface area contributed by atoms with Gasteiger partial charge in [0.25, 0.3) is 0 Å². The van der Waals surface area contributed by atoms with Gasteiger partial charge in [0.2, 0.25) is 0 Å². The zero-order valence-electron chi connectivity index (χ0n) is 22.2. The van der Waals surface area contributed by atoms with Gasteiger partial charge in [-0.15, -0.1) is 0 Å². The standard InChI is InChI=1S/C30H24ClF4N3O3/c1-4-17-9-20(12-24(32)22(17)14-39)18-5-7-26(38-13-23(31)15(2)37-38)21(10-18)29-28(36-16(3)40-29)19-6-8-27(25(33)11-19)41-30(34)35/h5-13,30,39H,4,14H2,1-3H3. The molecule has 11 heteroatoms. The fraction of sp³-hybridized carbons (Fsp3) is 0.200. The highest BCUT2D eigenvalue weighted by atomic mass is 35.5. The molecule has 5 aromatic rings. The Labute approximate surface area is 237 Å². The first kappa shape index (κ1) is 28.4. The maximum absolute atomic E-state index is 14.9. The molecule has 0 aliphatic rings. The monoisotopic (exact) mass is 585 g/mol. The van der Waals surface area contributed by atoms with Gasteiger partial charge in [0.15, 0.2) is 23.2 Å². The maximum atomic E-state index is 14.9. The summed E-state index contributed by atoms with van der Waals surface area (Å²) in [6.07, 6.45) is 2.14. The zero-order valence-corrected chi connectivity index (χ0v) is 22.9. The summed E-state index contributed by atoms with van der Waals surface area (Å²) in [6, 6.07) is 12.0. The van der Waals surface area contributed by atoms with E-state index in [9.17, 15) is 22.7 Å². The van der Waals surface area contributed by atoms with Crippen LogP contribution in [0.4, 0.5) is 17.6 Å². The van der Waals surface area contributed by atoms with Crippen molar-refractivity contribution < 1.29 is 31.8 Å². The van der Waals surface area contributed by atoms with Gasteiger partial charge in [0, 0.05) is 29.8 Å². The SMILES string of the molecule is CCc1cc(-c2ccc(-n3cc(Cl)c(C)n3)c(-c3oc(C)nc3-c3ccc(OC(F)F)c(F)c3)c2)cc(F)c1CO. The third-order valence-electron chi connectivity index (χ3n) is 6.64. The van der Waals surface area contributed by atoms with Gasteiger partial charge in [-0.25, -0.2) is 18.4 Å². The second kappa shape index (κ2) is 11.4. The summed E-state index contributed by atoms with van der Waals surface area (Å²) in [5.74, 6) is -1.62. The first-order valence-electron chi connectivity index (χ1n) is 12.6. The predicted molar refractivity (Wildman–Crippen MR) is 146 cm³/mol. The summed E-state index contributed by atoms with van der Waals surface area (Å²) >= 11 is 6.30. The van der Waals surface area contributed by atoms with E-state index in [1.807, 2.05) is 13.0 Å². The summed E-state index contributed by atoms with van der Waals surface area (Å²) in [7, 11) is 0. The Hall–Kier alpha value is -4.15. The van der Waals surface area contributed by atoms with Gasteiger partial charge in [0.05, 0.1) is 23.0 Å². The van der Waals surface area contributed by atoms with E-state index in [-0.39, 0.29) is 28.5 Å². The number of benzene rings is 3. The smallest absolute Gasteiger partial charge is 0.387 e. The number of aliphatic hydroxyl groups excluding tert-OH is 1. The number of hydrogen-bond acceptors (Lipinski definition) is 5. The molecule has 41 heavy (non-hydrogen) atoms. The molecule has 0 radical (unpaired) electrons. The minimum Gasteiger partial charge on any atom is -0.440 e. The first-order chi connectivity index (χ1) is 19.6. The number of nitrogens with zero attached hydrogens (tertiary/aromatic N) is 3. The molecule has 0 saturated heterocycles. The third kappa shape index (κ3) is 5.57. The largest absolute Gasteiger partial charge is 0.440 e. The number of hydrogen-bond donors (Lipinski definition) is 1. The number of halogens is 5. The molecule has 2 aromatic heterocycles. The van der Waals surface area contributed by atoms with Crippen molar-refractivity contribution in [1.29, 1.82) is 0 Å². The van der Waals surface area contributed by atoms with E-state index in [0.29, 0.717) is 45.1 Å². The molecule has 0 amide bonds. The minimum atomic E-state index is -3.18. The van der Waals surface area contributed by atoms with Crippen molar-refractivity contribution in [2.75, 3.05) is 0 Å². The van der Waals surface area contributed by atoms with Crippen LogP contribution in [0.25, 0.3) is 39.4 Å². The summed E-state index contributed by atoms with van der Waals surface area (Å²) in [4.78, 5) is 4.45. The van der Waals surface area contributed by atoms with E-state index in [0.717, 1.165) is 12.1 Å². The zero-order chi connectivity index (χ0) is 29.4. The lowest BCUT2D eigenvalue weighted by atomic mass is 9.94. The highest BCUT2D eigenvalue weighted by Gasteiger charge is 2.23. The number of aromatic nitrogens is 3. The molecule has 5 rings (SSSR count). The lowest BCUT2D eigenvalue weighted by Gasteiger charge is -2.14. The van der Waals surface area contributed by atoms with Crippen molar-refractivity contribution >= 4 is 11.6 Å². The van der Waals surface area contributed by atoms with Gasteiger partial charge < -0.3 is 14.3 Å². The number of aliphatic hydroxyl groups is 1. The van der Waals surface area contributed by atoms with Gasteiger partial charge in [-0.05, 0) is 66.4 Å². The van der Waals surface area contributed by atoms with Crippen molar-refractivity contribution in [1.82, 2.24) is 14.8 Å². The van der Waals surface area contributed by atoms with Crippen molar-refractivity contribution in [2.24, 2.45) is 0 Å². The fourth-order valence-electron chi connectivity index (χ4n) is 4.66. The average molecular weight is 586 g/mol. The summed E-state index contributed by atoms with van der Waals surface area (Å²) in [6.45, 7) is 1.64. The van der Waals surface area contributed by atoms with E-state index in [1.165, 1.54) is 12.1 Å². The molecular weight excluding hydrogens is 562 g/mol. The van der Waals surface area contributed by atoms with Crippen LogP contribution in [0.3, 0.4) is 0 Å². The molecule has 3 aromatic carbocycles. The molecule has 1 N–H and O–H groups in total. The Bertz CT molecular complexity index is 1730. The molecule has 0 unspecified atom stereocenters. The Balaban J connectivity index is 1.72. The van der Waals surface area contributed by atoms with Crippen LogP contribution in [0.2, 0.25) is 5.02 Å². The van der Waals surface area contributed by atoms with E-state index in [1.54, 1.807) is 42.9 Å². The Morgan fingerprint density at radius 2 is 1.73 bits per heavy atom. The molecule has 0 fully saturated rings. The van der Waals surface area contributed by atoms with Gasteiger partial charge in [-0.3, -0.25) is 0 Å². The van der Waals surface area contributed by atoms with Crippen LogP contribution in [-0.4, -0.2) is 26.5 Å². The lowest BCUT2D eigenvalue weighted by molar-refractivity contribution is -0.0521. The van der Waals surface area contributed by atoms with Crippen LogP contribution in [0.5, 0.6) is 5.75 Å². The minimum absolute atomic E-state index is 0.240. The van der Waals surface area contributed by atoms with Crippen LogP contribution in [0.1, 0.15) is 29.6 Å². The molecule has 0 atom stereocenters. The van der Waals surface area contributed by atoms with Crippen LogP contribution in [-0.2, 0) is 13.0 Å². The number of oxazole rings is 1. The van der Waals surface area contributed by atoms with Crippen molar-refractivity contribution in [3.63, 3.8) is 0 Å². The maximum Gasteiger partial charge on any atom is 0.387 e. The molecule has 0 spiro atoms. The van der Waals surface area contributed by atoms with Crippen LogP contribution >= 0.6 is 11.6 Å². The van der Waals surface area contributed by atoms with Crippen LogP contribution in [0.15, 0.2) is 59.1 Å². The molecule has 0 saturated carbocycles. The highest BCUT2D eigenvalue weighted by Crippen LogP contribution is 2.40. The molecule has 2 heterocycles. The normalized spacial score (nSPS) is 11.5. The molecular formula is C30H24ClF4N3O3. The summed E-state index contributed by atoms with van der Waals surface area (Å²) in [5, 5.41) is 14.6.